The molecule has 0 bridgehead atoms. The molecule has 1 N–H and O–H groups in total. The van der Waals surface area contributed by atoms with E-state index >= 15 is 0 Å². The maximum atomic E-state index is 12.8. The lowest BCUT2D eigenvalue weighted by Crippen LogP contribution is -2.50. The molecule has 2 saturated heterocycles. The number of pyridine rings is 1. The Morgan fingerprint density at radius 2 is 1.66 bits per heavy atom. The van der Waals surface area contributed by atoms with Crippen molar-refractivity contribution in [1.29, 1.82) is 0 Å². The van der Waals surface area contributed by atoms with Crippen LogP contribution in [0.1, 0.15) is 41.3 Å². The molecule has 2 aliphatic heterocycles. The number of rotatable bonds is 3. The molecule has 0 radical (unpaired) electrons. The Hall–Kier alpha value is -3.30. The van der Waals surface area contributed by atoms with Gasteiger partial charge in [0.15, 0.2) is 0 Å². The molecule has 3 heterocycles. The average molecular weight is 490 g/mol. The Morgan fingerprint density at radius 1 is 0.971 bits per heavy atom. The second-order valence-corrected chi connectivity index (χ2v) is 9.31. The monoisotopic (exact) mass is 489 g/mol. The van der Waals surface area contributed by atoms with Crippen LogP contribution in [0.15, 0.2) is 36.5 Å². The fourth-order valence-corrected chi connectivity index (χ4v) is 4.40. The number of piperidine rings is 1. The average Bonchev–Trinajstić information content (AvgIpc) is 2.85. The molecule has 2 aromatic rings. The fraction of sp³-hybridized carbons (Fsp3) is 0.480. The molecule has 1 aromatic heterocycles. The van der Waals surface area contributed by atoms with Crippen LogP contribution in [-0.4, -0.2) is 66.0 Å². The molecule has 0 aliphatic carbocycles. The van der Waals surface area contributed by atoms with Crippen LogP contribution < -0.4 is 10.2 Å². The highest BCUT2D eigenvalue weighted by Crippen LogP contribution is 2.29. The Bertz CT molecular complexity index is 1060. The number of urea groups is 1. The summed E-state index contributed by atoms with van der Waals surface area (Å²) in [7, 11) is 0. The smallest absolute Gasteiger partial charge is 0.353 e. The van der Waals surface area contributed by atoms with Crippen molar-refractivity contribution in [3.8, 4) is 0 Å². The third-order valence-electron chi connectivity index (χ3n) is 6.75. The van der Waals surface area contributed by atoms with Crippen LogP contribution in [-0.2, 0) is 6.18 Å². The molecule has 0 spiro atoms. The van der Waals surface area contributed by atoms with Gasteiger partial charge in [-0.15, -0.1) is 0 Å². The predicted molar refractivity (Wildman–Crippen MR) is 128 cm³/mol. The van der Waals surface area contributed by atoms with Crippen LogP contribution in [0.3, 0.4) is 0 Å². The zero-order valence-electron chi connectivity index (χ0n) is 19.9. The molecule has 0 saturated carbocycles. The molecular formula is C25H30F3N5O2. The van der Waals surface area contributed by atoms with Crippen molar-refractivity contribution < 1.29 is 22.8 Å². The summed E-state index contributed by atoms with van der Waals surface area (Å²) in [4.78, 5) is 35.0. The van der Waals surface area contributed by atoms with Gasteiger partial charge >= 0.3 is 12.2 Å². The number of hydrogen-bond donors (Lipinski definition) is 1. The Morgan fingerprint density at radius 3 is 2.23 bits per heavy atom. The van der Waals surface area contributed by atoms with Crippen LogP contribution in [0.2, 0.25) is 0 Å². The van der Waals surface area contributed by atoms with Crippen LogP contribution in [0.25, 0.3) is 0 Å². The minimum atomic E-state index is -4.42. The predicted octanol–water partition coefficient (Wildman–Crippen LogP) is 4.64. The van der Waals surface area contributed by atoms with E-state index in [1.165, 1.54) is 6.07 Å². The highest BCUT2D eigenvalue weighted by atomic mass is 19.4. The number of piperazine rings is 1. The van der Waals surface area contributed by atoms with Crippen molar-refractivity contribution in [3.63, 3.8) is 0 Å². The van der Waals surface area contributed by atoms with E-state index in [4.69, 9.17) is 0 Å². The van der Waals surface area contributed by atoms with Gasteiger partial charge in [0, 0.05) is 56.7 Å². The number of carbonyl (C=O) groups excluding carboxylic acids is 2. The molecule has 2 aliphatic rings. The molecule has 0 atom stereocenters. The number of aryl methyl sites for hydroxylation is 1. The number of benzene rings is 1. The van der Waals surface area contributed by atoms with E-state index in [-0.39, 0.29) is 11.9 Å². The zero-order chi connectivity index (χ0) is 25.2. The third kappa shape index (κ3) is 5.86. The normalized spacial score (nSPS) is 17.5. The maximum absolute atomic E-state index is 12.8. The first kappa shape index (κ1) is 24.8. The standard InChI is InChI=1S/C25H30F3N5O2/c1-17-7-9-32(10-8-17)23(34)19-3-5-21(18(2)15-19)30-24(35)33-13-11-31(12-14-33)22-6-4-20(16-29-22)25(26,27)28/h3-6,15-17H,7-14H2,1-2H3,(H,30,35). The van der Waals surface area contributed by atoms with Crippen molar-refractivity contribution in [3.05, 3.63) is 53.2 Å². The lowest BCUT2D eigenvalue weighted by molar-refractivity contribution is -0.137. The number of nitrogens with one attached hydrogen (secondary N) is 1. The first-order valence-electron chi connectivity index (χ1n) is 11.9. The minimum Gasteiger partial charge on any atom is -0.353 e. The van der Waals surface area contributed by atoms with Gasteiger partial charge in [-0.25, -0.2) is 9.78 Å². The lowest BCUT2D eigenvalue weighted by atomic mass is 9.98. The van der Waals surface area contributed by atoms with Gasteiger partial charge in [0.2, 0.25) is 0 Å². The molecule has 4 rings (SSSR count). The van der Waals surface area contributed by atoms with E-state index in [2.05, 4.69) is 17.2 Å². The van der Waals surface area contributed by atoms with Crippen LogP contribution in [0.5, 0.6) is 0 Å². The van der Waals surface area contributed by atoms with Gasteiger partial charge in [-0.3, -0.25) is 4.79 Å². The van der Waals surface area contributed by atoms with Crippen molar-refractivity contribution in [2.75, 3.05) is 49.5 Å². The number of carbonyl (C=O) groups is 2. The number of nitrogens with zero attached hydrogens (tertiary/aromatic N) is 4. The summed E-state index contributed by atoms with van der Waals surface area (Å²) in [5.41, 5.74) is 1.29. The summed E-state index contributed by atoms with van der Waals surface area (Å²) in [6.07, 6.45) is -1.56. The van der Waals surface area contributed by atoms with Gasteiger partial charge < -0.3 is 20.0 Å². The summed E-state index contributed by atoms with van der Waals surface area (Å²) in [6.45, 7) is 7.36. The fourth-order valence-electron chi connectivity index (χ4n) is 4.40. The van der Waals surface area contributed by atoms with Crippen molar-refractivity contribution in [1.82, 2.24) is 14.8 Å². The number of aromatic nitrogens is 1. The van der Waals surface area contributed by atoms with Crippen molar-refractivity contribution in [2.24, 2.45) is 5.92 Å². The zero-order valence-corrected chi connectivity index (χ0v) is 19.9. The number of likely N-dealkylation sites (tertiary alicyclic amines) is 1. The molecule has 35 heavy (non-hydrogen) atoms. The Balaban J connectivity index is 1.31. The van der Waals surface area contributed by atoms with Gasteiger partial charge in [0.25, 0.3) is 5.91 Å². The van der Waals surface area contributed by atoms with E-state index in [9.17, 15) is 22.8 Å². The number of halogens is 3. The summed E-state index contributed by atoms with van der Waals surface area (Å²) < 4.78 is 38.2. The van der Waals surface area contributed by atoms with Gasteiger partial charge in [-0.05, 0) is 61.6 Å². The highest BCUT2D eigenvalue weighted by Gasteiger charge is 2.31. The third-order valence-corrected chi connectivity index (χ3v) is 6.75. The molecular weight excluding hydrogens is 459 g/mol. The number of hydrogen-bond acceptors (Lipinski definition) is 4. The first-order valence-corrected chi connectivity index (χ1v) is 11.9. The number of amides is 3. The van der Waals surface area contributed by atoms with Crippen LogP contribution in [0.4, 0.5) is 29.5 Å². The maximum Gasteiger partial charge on any atom is 0.417 e. The van der Waals surface area contributed by atoms with E-state index in [1.54, 1.807) is 17.0 Å². The SMILES string of the molecule is Cc1cc(C(=O)N2CCC(C)CC2)ccc1NC(=O)N1CCN(c2ccc(C(F)(F)F)cn2)CC1. The summed E-state index contributed by atoms with van der Waals surface area (Å²) in [5, 5.41) is 2.91. The van der Waals surface area contributed by atoms with Gasteiger partial charge in [-0.2, -0.15) is 13.2 Å². The Kier molecular flexibility index (Phi) is 7.18. The van der Waals surface area contributed by atoms with Gasteiger partial charge in [0.1, 0.15) is 5.82 Å². The molecule has 0 unspecified atom stereocenters. The topological polar surface area (TPSA) is 68.8 Å². The van der Waals surface area contributed by atoms with E-state index < -0.39 is 11.7 Å². The van der Waals surface area contributed by atoms with E-state index in [0.29, 0.717) is 49.2 Å². The summed E-state index contributed by atoms with van der Waals surface area (Å²) in [5.74, 6) is 1.12. The lowest BCUT2D eigenvalue weighted by Gasteiger charge is -2.35. The molecule has 2 fully saturated rings. The van der Waals surface area contributed by atoms with Crippen molar-refractivity contribution >= 4 is 23.4 Å². The summed E-state index contributed by atoms with van der Waals surface area (Å²) in [6, 6.07) is 7.44. The number of alkyl halides is 3. The van der Waals surface area contributed by atoms with Gasteiger partial charge in [0.05, 0.1) is 5.56 Å². The molecule has 188 valence electrons. The first-order chi connectivity index (χ1) is 16.6. The minimum absolute atomic E-state index is 0.0193. The highest BCUT2D eigenvalue weighted by molar-refractivity contribution is 5.96. The Labute approximate surface area is 202 Å². The molecule has 10 heteroatoms. The quantitative estimate of drug-likeness (QED) is 0.683. The van der Waals surface area contributed by atoms with E-state index in [0.717, 1.165) is 43.8 Å². The van der Waals surface area contributed by atoms with Crippen LogP contribution >= 0.6 is 0 Å². The molecule has 3 amide bonds. The summed E-state index contributed by atoms with van der Waals surface area (Å²) >= 11 is 0. The van der Waals surface area contributed by atoms with Gasteiger partial charge in [-0.1, -0.05) is 6.92 Å². The van der Waals surface area contributed by atoms with Crippen LogP contribution in [0, 0.1) is 12.8 Å². The molecule has 1 aromatic carbocycles. The molecule has 7 nitrogen and oxygen atoms in total. The largest absolute Gasteiger partial charge is 0.417 e. The second kappa shape index (κ2) is 10.1. The van der Waals surface area contributed by atoms with Crippen molar-refractivity contribution in [2.45, 2.75) is 32.9 Å². The van der Waals surface area contributed by atoms with E-state index in [1.807, 2.05) is 22.8 Å². The second-order valence-electron chi connectivity index (χ2n) is 9.31. The number of anilines is 2.